The molecule has 3 aromatic rings. The first-order valence-electron chi connectivity index (χ1n) is 12.9. The van der Waals surface area contributed by atoms with Crippen molar-refractivity contribution in [3.63, 3.8) is 0 Å². The van der Waals surface area contributed by atoms with E-state index in [1.54, 1.807) is 30.3 Å². The number of rotatable bonds is 10. The SMILES string of the molecule is Nc1nc2c(nc(-c3ccccc3)n2[C@@H]2O[C@H](COP(=O)([O-])OP(=O)([O-])O[C@H]3O[C@H](CO)[C@@H](O)[C@H](O)[C@@H]3O)[C@@H](O)[C@H]2O)c(=O)[nH]1.[Na+].[Na+]. The van der Waals surface area contributed by atoms with Crippen LogP contribution in [0, 0.1) is 0 Å². The molecule has 0 amide bonds. The van der Waals surface area contributed by atoms with Crippen LogP contribution >= 0.6 is 15.6 Å². The average molecular weight is 725 g/mol. The fourth-order valence-corrected chi connectivity index (χ4v) is 6.81. The number of nitrogen functional groups attached to an aromatic ring is 1. The van der Waals surface area contributed by atoms with E-state index in [2.05, 4.69) is 28.3 Å². The van der Waals surface area contributed by atoms with Crippen LogP contribution in [-0.4, -0.2) is 112 Å². The van der Waals surface area contributed by atoms with E-state index in [9.17, 15) is 54.4 Å². The Bertz CT molecular complexity index is 1680. The number of nitrogens with one attached hydrogen (secondary N) is 1. The number of hydrogen-bond acceptors (Lipinski definition) is 19. The van der Waals surface area contributed by atoms with Crippen molar-refractivity contribution in [2.75, 3.05) is 18.9 Å². The third kappa shape index (κ3) is 8.79. The minimum Gasteiger partial charge on any atom is -0.756 e. The summed E-state index contributed by atoms with van der Waals surface area (Å²) in [6.45, 7) is -2.05. The predicted octanol–water partition coefficient (Wildman–Crippen LogP) is -10.2. The van der Waals surface area contributed by atoms with Crippen molar-refractivity contribution in [3.05, 3.63) is 40.7 Å². The van der Waals surface area contributed by atoms with Crippen molar-refractivity contribution in [2.45, 2.75) is 55.2 Å². The zero-order valence-corrected chi connectivity index (χ0v) is 30.4. The van der Waals surface area contributed by atoms with Gasteiger partial charge in [0.05, 0.1) is 13.2 Å². The van der Waals surface area contributed by atoms with Gasteiger partial charge in [0.25, 0.3) is 21.2 Å². The van der Waals surface area contributed by atoms with Crippen LogP contribution in [0.3, 0.4) is 0 Å². The number of hydrogen-bond donors (Lipinski definition) is 8. The zero-order valence-electron chi connectivity index (χ0n) is 24.6. The first-order chi connectivity index (χ1) is 21.1. The largest absolute Gasteiger partial charge is 1.00 e. The molecular formula is C22H27N5Na2O16P2. The molecule has 2 aliphatic heterocycles. The fourth-order valence-electron chi connectivity index (χ4n) is 4.72. The van der Waals surface area contributed by atoms with Crippen molar-refractivity contribution in [1.82, 2.24) is 19.5 Å². The monoisotopic (exact) mass is 725 g/mol. The molecule has 5 rings (SSSR count). The second-order valence-electron chi connectivity index (χ2n) is 9.92. The van der Waals surface area contributed by atoms with Crippen LogP contribution in [0.5, 0.6) is 0 Å². The second kappa shape index (κ2) is 16.1. The Balaban J connectivity index is 0.00000300. The van der Waals surface area contributed by atoms with Crippen LogP contribution in [0.25, 0.3) is 22.6 Å². The van der Waals surface area contributed by atoms with E-state index in [0.717, 1.165) is 4.57 Å². The minimum atomic E-state index is -5.95. The quantitative estimate of drug-likeness (QED) is 0.0710. The Morgan fingerprint density at radius 1 is 0.915 bits per heavy atom. The molecule has 9 N–H and O–H groups in total. The van der Waals surface area contributed by atoms with Gasteiger partial charge in [-0.25, -0.2) is 9.29 Å². The van der Waals surface area contributed by atoms with Gasteiger partial charge in [0, 0.05) is 5.56 Å². The van der Waals surface area contributed by atoms with Gasteiger partial charge in [0.1, 0.15) is 48.6 Å². The third-order valence-corrected chi connectivity index (χ3v) is 9.40. The van der Waals surface area contributed by atoms with Gasteiger partial charge in [0.15, 0.2) is 23.7 Å². The number of aliphatic hydroxyl groups is 6. The zero-order chi connectivity index (χ0) is 32.8. The summed E-state index contributed by atoms with van der Waals surface area (Å²) in [7, 11) is -11.8. The van der Waals surface area contributed by atoms with Crippen LogP contribution in [-0.2, 0) is 32.0 Å². The number of imidazole rings is 1. The Morgan fingerprint density at radius 2 is 1.55 bits per heavy atom. The van der Waals surface area contributed by atoms with Gasteiger partial charge < -0.3 is 60.2 Å². The normalized spacial score (nSPS) is 31.8. The Kier molecular flexibility index (Phi) is 14.0. The molecule has 11 atom stereocenters. The Labute approximate surface area is 308 Å². The van der Waals surface area contributed by atoms with E-state index >= 15 is 0 Å². The summed E-state index contributed by atoms with van der Waals surface area (Å²) in [5.41, 5.74) is 5.05. The molecule has 2 unspecified atom stereocenters. The maximum atomic E-state index is 12.5. The summed E-state index contributed by atoms with van der Waals surface area (Å²) in [5.74, 6) is -0.249. The third-order valence-electron chi connectivity index (χ3n) is 6.87. The van der Waals surface area contributed by atoms with E-state index in [0.29, 0.717) is 5.56 Å². The van der Waals surface area contributed by atoms with Crippen LogP contribution in [0.1, 0.15) is 6.23 Å². The number of fused-ring (bicyclic) bond motifs is 1. The van der Waals surface area contributed by atoms with E-state index in [4.69, 9.17) is 15.2 Å². The van der Waals surface area contributed by atoms with Gasteiger partial charge in [-0.15, -0.1) is 0 Å². The molecule has 2 fully saturated rings. The summed E-state index contributed by atoms with van der Waals surface area (Å²) < 4.78 is 49.2. The molecule has 1 aromatic carbocycles. The van der Waals surface area contributed by atoms with Crippen molar-refractivity contribution < 1.29 is 132 Å². The molecule has 0 saturated carbocycles. The van der Waals surface area contributed by atoms with Gasteiger partial charge in [-0.1, -0.05) is 30.3 Å². The van der Waals surface area contributed by atoms with Gasteiger partial charge in [-0.05, 0) is 0 Å². The number of nitrogens with two attached hydrogens (primary N) is 1. The summed E-state index contributed by atoms with van der Waals surface area (Å²) in [6, 6.07) is 8.25. The number of aromatic amines is 1. The van der Waals surface area contributed by atoms with Crippen molar-refractivity contribution in [3.8, 4) is 11.4 Å². The number of phosphoric acid groups is 2. The number of anilines is 1. The van der Waals surface area contributed by atoms with E-state index in [1.165, 1.54) is 0 Å². The Morgan fingerprint density at radius 3 is 2.19 bits per heavy atom. The van der Waals surface area contributed by atoms with Crippen LogP contribution < -0.4 is 80.2 Å². The molecule has 2 aromatic heterocycles. The maximum absolute atomic E-state index is 12.5. The topological polar surface area (TPSA) is 337 Å². The molecule has 248 valence electrons. The number of ether oxygens (including phenoxy) is 2. The van der Waals surface area contributed by atoms with Crippen molar-refractivity contribution in [1.29, 1.82) is 0 Å². The fraction of sp³-hybridized carbons (Fsp3) is 0.500. The average Bonchev–Trinajstić information content (AvgIpc) is 3.49. The number of H-pyrrole nitrogens is 1. The summed E-state index contributed by atoms with van der Waals surface area (Å²) >= 11 is 0. The molecule has 21 nitrogen and oxygen atoms in total. The van der Waals surface area contributed by atoms with Crippen LogP contribution in [0.4, 0.5) is 5.95 Å². The van der Waals surface area contributed by atoms with E-state index in [1.807, 2.05) is 0 Å². The standard InChI is InChI=1S/C22H29N5O16P2.2Na/c23-22-25-18-11(19(34)26-22)24-17(8-4-2-1-3-5-8)27(18)20-15(32)13(30)10(40-20)7-39-44(35,36)43-45(37,38)42-21-16(33)14(31)12(29)9(6-28)41-21;;/h1-5,9-10,12-16,20-21,28-33H,6-7H2,(H,35,36)(H,37,38)(H3,23,25,26,34);;/q;2*+1/p-2/t9-,10-,12-,13-,14+,15-,16+,20-,21-;;/m1../s1. The first kappa shape index (κ1) is 40.7. The van der Waals surface area contributed by atoms with Gasteiger partial charge in [0.2, 0.25) is 5.95 Å². The second-order valence-corrected chi connectivity index (χ2v) is 12.8. The van der Waals surface area contributed by atoms with Crippen LogP contribution in [0.2, 0.25) is 0 Å². The Hall–Kier alpha value is -0.690. The van der Waals surface area contributed by atoms with Gasteiger partial charge in [-0.3, -0.25) is 28.0 Å². The van der Waals surface area contributed by atoms with E-state index < -0.39 is 89.7 Å². The number of phosphoric ester groups is 2. The predicted molar refractivity (Wildman–Crippen MR) is 141 cm³/mol. The molecule has 2 aliphatic rings. The number of benzene rings is 1. The van der Waals surface area contributed by atoms with Crippen molar-refractivity contribution >= 4 is 32.8 Å². The summed E-state index contributed by atoms with van der Waals surface area (Å²) in [6.07, 6.45) is -16.8. The maximum Gasteiger partial charge on any atom is 1.00 e. The van der Waals surface area contributed by atoms with Crippen molar-refractivity contribution in [2.24, 2.45) is 0 Å². The van der Waals surface area contributed by atoms with Gasteiger partial charge >= 0.3 is 59.1 Å². The van der Waals surface area contributed by atoms with Gasteiger partial charge in [-0.2, -0.15) is 4.98 Å². The van der Waals surface area contributed by atoms with Crippen LogP contribution in [0.15, 0.2) is 35.1 Å². The molecule has 0 bridgehead atoms. The summed E-state index contributed by atoms with van der Waals surface area (Å²) in [4.78, 5) is 47.8. The molecule has 25 heteroatoms. The molecular weight excluding hydrogens is 698 g/mol. The van der Waals surface area contributed by atoms with E-state index in [-0.39, 0.29) is 82.1 Å². The molecule has 4 heterocycles. The number of nitrogens with zero attached hydrogens (tertiary/aromatic N) is 3. The number of aromatic nitrogens is 4. The molecule has 47 heavy (non-hydrogen) atoms. The molecule has 0 spiro atoms. The summed E-state index contributed by atoms with van der Waals surface area (Å²) in [5, 5.41) is 60.2. The smallest absolute Gasteiger partial charge is 0.756 e. The number of aliphatic hydroxyl groups excluding tert-OH is 6. The molecule has 0 radical (unpaired) electrons. The molecule has 0 aliphatic carbocycles. The molecule has 2 saturated heterocycles. The first-order valence-corrected chi connectivity index (χ1v) is 15.9. The minimum absolute atomic E-state index is 0.